The third kappa shape index (κ3) is 3.82. The second-order valence-corrected chi connectivity index (χ2v) is 7.14. The van der Waals surface area contributed by atoms with Gasteiger partial charge >= 0.3 is 0 Å². The van der Waals surface area contributed by atoms with Crippen molar-refractivity contribution in [3.63, 3.8) is 0 Å². The van der Waals surface area contributed by atoms with Crippen LogP contribution in [0.5, 0.6) is 0 Å². The Balaban J connectivity index is 1.78. The number of amides is 1. The van der Waals surface area contributed by atoms with Gasteiger partial charge in [0.25, 0.3) is 5.91 Å². The molecule has 3 rings (SSSR count). The Hall–Kier alpha value is -1.64. The lowest BCUT2D eigenvalue weighted by Gasteiger charge is -2.22. The van der Waals surface area contributed by atoms with Gasteiger partial charge in [-0.2, -0.15) is 0 Å². The molecule has 1 saturated carbocycles. The molecule has 1 aromatic carbocycles. The molecular weight excluding hydrogens is 286 g/mol. The maximum atomic E-state index is 12.8. The first-order valence-corrected chi connectivity index (χ1v) is 9.06. The summed E-state index contributed by atoms with van der Waals surface area (Å²) in [7, 11) is 0. The summed E-state index contributed by atoms with van der Waals surface area (Å²) in [6.07, 6.45) is 8.25. The largest absolute Gasteiger partial charge is 0.339 e. The average molecular weight is 313 g/mol. The van der Waals surface area contributed by atoms with Crippen LogP contribution >= 0.6 is 0 Å². The van der Waals surface area contributed by atoms with Crippen LogP contribution in [0.1, 0.15) is 66.4 Å². The van der Waals surface area contributed by atoms with E-state index >= 15 is 0 Å². The van der Waals surface area contributed by atoms with Gasteiger partial charge in [0.1, 0.15) is 5.78 Å². The van der Waals surface area contributed by atoms with Gasteiger partial charge in [0.15, 0.2) is 0 Å². The molecule has 0 radical (unpaired) electrons. The fourth-order valence-corrected chi connectivity index (χ4v) is 3.92. The quantitative estimate of drug-likeness (QED) is 0.845. The lowest BCUT2D eigenvalue weighted by Crippen LogP contribution is -2.29. The molecular formula is C20H27NO2. The zero-order valence-corrected chi connectivity index (χ0v) is 14.1. The van der Waals surface area contributed by atoms with E-state index in [4.69, 9.17) is 0 Å². The molecule has 23 heavy (non-hydrogen) atoms. The van der Waals surface area contributed by atoms with E-state index in [1.807, 2.05) is 30.0 Å². The van der Waals surface area contributed by atoms with E-state index in [0.717, 1.165) is 55.5 Å². The Morgan fingerprint density at radius 2 is 1.74 bits per heavy atom. The van der Waals surface area contributed by atoms with Crippen molar-refractivity contribution in [2.24, 2.45) is 5.92 Å². The molecule has 3 heteroatoms. The van der Waals surface area contributed by atoms with E-state index in [0.29, 0.717) is 12.2 Å². The zero-order chi connectivity index (χ0) is 16.2. The molecule has 0 bridgehead atoms. The minimum Gasteiger partial charge on any atom is -0.339 e. The molecule has 0 spiro atoms. The minimum atomic E-state index is 0.106. The van der Waals surface area contributed by atoms with Crippen LogP contribution in [0.15, 0.2) is 18.2 Å². The first-order valence-electron chi connectivity index (χ1n) is 9.06. The molecule has 0 aromatic heterocycles. The van der Waals surface area contributed by atoms with Crippen LogP contribution in [0, 0.1) is 12.8 Å². The first kappa shape index (κ1) is 16.2. The van der Waals surface area contributed by atoms with Crippen LogP contribution in [-0.2, 0) is 11.2 Å². The second-order valence-electron chi connectivity index (χ2n) is 7.14. The highest BCUT2D eigenvalue weighted by Gasteiger charge is 2.25. The summed E-state index contributed by atoms with van der Waals surface area (Å²) in [4.78, 5) is 27.3. The number of rotatable bonds is 4. The standard InChI is InChI=1S/C20H27NO2/c1-15-9-10-18(20(23)21-11-5-6-12-21)17(13-15)14-19(22)16-7-3-2-4-8-16/h9-10,13,16H,2-8,11-12,14H2,1H3. The molecule has 0 atom stereocenters. The molecule has 1 amide bonds. The molecule has 1 heterocycles. The van der Waals surface area contributed by atoms with E-state index in [9.17, 15) is 9.59 Å². The average Bonchev–Trinajstić information content (AvgIpc) is 3.10. The third-order valence-electron chi connectivity index (χ3n) is 5.31. The van der Waals surface area contributed by atoms with Crippen molar-refractivity contribution in [2.45, 2.75) is 58.3 Å². The third-order valence-corrected chi connectivity index (χ3v) is 5.31. The van der Waals surface area contributed by atoms with Gasteiger partial charge < -0.3 is 4.90 Å². The normalized spacial score (nSPS) is 19.1. The summed E-state index contributed by atoms with van der Waals surface area (Å²) in [5.41, 5.74) is 2.79. The van der Waals surface area contributed by atoms with Crippen LogP contribution in [0.25, 0.3) is 0 Å². The van der Waals surface area contributed by atoms with Gasteiger partial charge in [-0.1, -0.05) is 37.0 Å². The summed E-state index contributed by atoms with van der Waals surface area (Å²) in [5.74, 6) is 0.638. The minimum absolute atomic E-state index is 0.106. The van der Waals surface area contributed by atoms with Crippen molar-refractivity contribution in [3.8, 4) is 0 Å². The number of nitrogens with zero attached hydrogens (tertiary/aromatic N) is 1. The molecule has 1 aliphatic heterocycles. The molecule has 1 saturated heterocycles. The van der Waals surface area contributed by atoms with Crippen molar-refractivity contribution >= 4 is 11.7 Å². The van der Waals surface area contributed by atoms with Crippen LogP contribution in [0.4, 0.5) is 0 Å². The Morgan fingerprint density at radius 1 is 1.04 bits per heavy atom. The molecule has 0 N–H and O–H groups in total. The van der Waals surface area contributed by atoms with E-state index in [1.54, 1.807) is 0 Å². The number of hydrogen-bond donors (Lipinski definition) is 0. The van der Waals surface area contributed by atoms with Gasteiger partial charge in [0.05, 0.1) is 0 Å². The predicted molar refractivity (Wildman–Crippen MR) is 91.6 cm³/mol. The SMILES string of the molecule is Cc1ccc(C(=O)N2CCCC2)c(CC(=O)C2CCCCC2)c1. The highest BCUT2D eigenvalue weighted by atomic mass is 16.2. The van der Waals surface area contributed by atoms with E-state index in [2.05, 4.69) is 0 Å². The Kier molecular flexibility index (Phi) is 5.14. The van der Waals surface area contributed by atoms with Gasteiger partial charge in [-0.25, -0.2) is 0 Å². The van der Waals surface area contributed by atoms with Gasteiger partial charge in [0, 0.05) is 31.0 Å². The van der Waals surface area contributed by atoms with Crippen LogP contribution in [0.2, 0.25) is 0 Å². The molecule has 2 fully saturated rings. The van der Waals surface area contributed by atoms with Gasteiger partial charge in [0.2, 0.25) is 0 Å². The maximum Gasteiger partial charge on any atom is 0.254 e. The number of benzene rings is 1. The predicted octanol–water partition coefficient (Wildman–Crippen LogP) is 3.92. The van der Waals surface area contributed by atoms with Crippen molar-refractivity contribution in [2.75, 3.05) is 13.1 Å². The Morgan fingerprint density at radius 3 is 2.43 bits per heavy atom. The monoisotopic (exact) mass is 313 g/mol. The fraction of sp³-hybridized carbons (Fsp3) is 0.600. The summed E-state index contributed by atoms with van der Waals surface area (Å²) < 4.78 is 0. The van der Waals surface area contributed by atoms with E-state index in [1.165, 1.54) is 19.3 Å². The molecule has 1 aromatic rings. The van der Waals surface area contributed by atoms with Crippen LogP contribution in [-0.4, -0.2) is 29.7 Å². The number of Topliss-reactive ketones (excluding diaryl/α,β-unsaturated/α-hetero) is 1. The topological polar surface area (TPSA) is 37.4 Å². The molecule has 2 aliphatic rings. The lowest BCUT2D eigenvalue weighted by atomic mass is 9.83. The number of carbonyl (C=O) groups is 2. The smallest absolute Gasteiger partial charge is 0.254 e. The lowest BCUT2D eigenvalue weighted by molar-refractivity contribution is -0.123. The first-order chi connectivity index (χ1) is 11.1. The molecule has 0 unspecified atom stereocenters. The zero-order valence-electron chi connectivity index (χ0n) is 14.1. The highest BCUT2D eigenvalue weighted by Crippen LogP contribution is 2.27. The van der Waals surface area contributed by atoms with Gasteiger partial charge in [-0.05, 0) is 44.2 Å². The summed E-state index contributed by atoms with van der Waals surface area (Å²) >= 11 is 0. The molecule has 3 nitrogen and oxygen atoms in total. The Bertz CT molecular complexity index is 581. The summed E-state index contributed by atoms with van der Waals surface area (Å²) in [6, 6.07) is 5.93. The number of hydrogen-bond acceptors (Lipinski definition) is 2. The van der Waals surface area contributed by atoms with Crippen molar-refractivity contribution in [3.05, 3.63) is 34.9 Å². The number of ketones is 1. The number of aryl methyl sites for hydroxylation is 1. The molecule has 124 valence electrons. The van der Waals surface area contributed by atoms with E-state index in [-0.39, 0.29) is 11.8 Å². The number of carbonyl (C=O) groups excluding carboxylic acids is 2. The fourth-order valence-electron chi connectivity index (χ4n) is 3.92. The van der Waals surface area contributed by atoms with Crippen molar-refractivity contribution in [1.82, 2.24) is 4.90 Å². The van der Waals surface area contributed by atoms with Gasteiger partial charge in [-0.15, -0.1) is 0 Å². The van der Waals surface area contributed by atoms with Crippen molar-refractivity contribution < 1.29 is 9.59 Å². The highest BCUT2D eigenvalue weighted by molar-refractivity contribution is 5.97. The van der Waals surface area contributed by atoms with E-state index < -0.39 is 0 Å². The molecule has 1 aliphatic carbocycles. The van der Waals surface area contributed by atoms with Crippen molar-refractivity contribution in [1.29, 1.82) is 0 Å². The summed E-state index contributed by atoms with van der Waals surface area (Å²) in [6.45, 7) is 3.73. The summed E-state index contributed by atoms with van der Waals surface area (Å²) in [5, 5.41) is 0. The maximum absolute atomic E-state index is 12.8. The van der Waals surface area contributed by atoms with Crippen LogP contribution in [0.3, 0.4) is 0 Å². The second kappa shape index (κ2) is 7.29. The Labute approximate surface area is 139 Å². The number of likely N-dealkylation sites (tertiary alicyclic amines) is 1. The van der Waals surface area contributed by atoms with Crippen LogP contribution < -0.4 is 0 Å². The van der Waals surface area contributed by atoms with Gasteiger partial charge in [-0.3, -0.25) is 9.59 Å².